The number of amides is 2. The Bertz CT molecular complexity index is 1390. The number of carbonyl (C=O) groups is 2. The van der Waals surface area contributed by atoms with Crippen LogP contribution in [0.15, 0.2) is 77.7 Å². The molecule has 0 radical (unpaired) electrons. The van der Waals surface area contributed by atoms with Gasteiger partial charge in [0.2, 0.25) is 11.8 Å². The third kappa shape index (κ3) is 7.38. The van der Waals surface area contributed by atoms with E-state index in [-0.39, 0.29) is 23.0 Å². The zero-order chi connectivity index (χ0) is 28.6. The zero-order valence-electron chi connectivity index (χ0n) is 23.2. The second-order valence-electron chi connectivity index (χ2n) is 9.36. The number of rotatable bonds is 12. The van der Waals surface area contributed by atoms with Crippen LogP contribution in [0.2, 0.25) is 0 Å². The number of hydrogen-bond acceptors (Lipinski definition) is 5. The largest absolute Gasteiger partial charge is 0.497 e. The van der Waals surface area contributed by atoms with Gasteiger partial charge < -0.3 is 15.0 Å². The number of methoxy groups -OCH3 is 1. The maximum absolute atomic E-state index is 14.0. The predicted molar refractivity (Wildman–Crippen MR) is 153 cm³/mol. The number of likely N-dealkylation sites (N-methyl/N-ethyl adjacent to an activating group) is 1. The number of carbonyl (C=O) groups excluding carboxylic acids is 2. The number of aryl methyl sites for hydroxylation is 2. The molecule has 0 saturated carbocycles. The fourth-order valence-corrected chi connectivity index (χ4v) is 5.76. The highest BCUT2D eigenvalue weighted by atomic mass is 32.2. The van der Waals surface area contributed by atoms with Crippen LogP contribution in [0.1, 0.15) is 37.0 Å². The monoisotopic (exact) mass is 551 g/mol. The Morgan fingerprint density at radius 1 is 0.923 bits per heavy atom. The van der Waals surface area contributed by atoms with Gasteiger partial charge in [0.25, 0.3) is 10.0 Å². The highest BCUT2D eigenvalue weighted by Crippen LogP contribution is 2.28. The molecule has 208 valence electrons. The molecule has 0 aliphatic carbocycles. The Morgan fingerprint density at radius 2 is 1.62 bits per heavy atom. The normalized spacial score (nSPS) is 11.9. The maximum atomic E-state index is 14.0. The molecule has 0 spiro atoms. The lowest BCUT2D eigenvalue weighted by atomic mass is 10.1. The number of sulfonamides is 1. The molecule has 3 aromatic carbocycles. The molecule has 0 aliphatic heterocycles. The fourth-order valence-electron chi connectivity index (χ4n) is 4.35. The number of benzene rings is 3. The standard InChI is InChI=1S/C30H37N3O5S/c1-6-28(30(35)31-7-2)32(20-24-11-8-10-23(4)18-24)29(34)21-33(25-12-9-13-26(19-25)38-5)39(36,37)27-16-14-22(3)15-17-27/h8-19,28H,6-7,20-21H2,1-5H3,(H,31,35)/t28-/m1/s1. The van der Waals surface area contributed by atoms with Crippen molar-refractivity contribution in [3.05, 3.63) is 89.5 Å². The van der Waals surface area contributed by atoms with E-state index in [0.29, 0.717) is 18.7 Å². The molecule has 3 aromatic rings. The Balaban J connectivity index is 2.08. The van der Waals surface area contributed by atoms with Crippen molar-refractivity contribution in [1.82, 2.24) is 10.2 Å². The molecule has 0 bridgehead atoms. The van der Waals surface area contributed by atoms with Crippen LogP contribution in [0.25, 0.3) is 0 Å². The van der Waals surface area contributed by atoms with Gasteiger partial charge in [-0.2, -0.15) is 0 Å². The molecule has 9 heteroatoms. The number of nitrogens with one attached hydrogen (secondary N) is 1. The minimum absolute atomic E-state index is 0.0599. The minimum atomic E-state index is -4.14. The average molecular weight is 552 g/mol. The number of hydrogen-bond donors (Lipinski definition) is 1. The second kappa shape index (κ2) is 13.3. The molecule has 1 N–H and O–H groups in total. The van der Waals surface area contributed by atoms with Crippen molar-refractivity contribution in [2.45, 2.75) is 51.6 Å². The fraction of sp³-hybridized carbons (Fsp3) is 0.333. The molecule has 3 rings (SSSR count). The summed E-state index contributed by atoms with van der Waals surface area (Å²) in [4.78, 5) is 28.6. The minimum Gasteiger partial charge on any atom is -0.497 e. The van der Waals surface area contributed by atoms with E-state index in [1.165, 1.54) is 24.1 Å². The molecule has 0 fully saturated rings. The Hall–Kier alpha value is -3.85. The number of anilines is 1. The van der Waals surface area contributed by atoms with Gasteiger partial charge in [-0.1, -0.05) is 60.5 Å². The molecule has 8 nitrogen and oxygen atoms in total. The van der Waals surface area contributed by atoms with E-state index in [4.69, 9.17) is 4.74 Å². The van der Waals surface area contributed by atoms with Gasteiger partial charge in [-0.05, 0) is 57.0 Å². The summed E-state index contributed by atoms with van der Waals surface area (Å²) >= 11 is 0. The lowest BCUT2D eigenvalue weighted by Crippen LogP contribution is -2.52. The van der Waals surface area contributed by atoms with Crippen molar-refractivity contribution in [2.75, 3.05) is 24.5 Å². The molecular weight excluding hydrogens is 514 g/mol. The first-order valence-electron chi connectivity index (χ1n) is 13.0. The number of nitrogens with zero attached hydrogens (tertiary/aromatic N) is 2. The molecule has 0 aromatic heterocycles. The van der Waals surface area contributed by atoms with E-state index >= 15 is 0 Å². The van der Waals surface area contributed by atoms with Crippen molar-refractivity contribution < 1.29 is 22.7 Å². The van der Waals surface area contributed by atoms with Crippen LogP contribution in [-0.4, -0.2) is 51.4 Å². The second-order valence-corrected chi connectivity index (χ2v) is 11.2. The Kier molecular flexibility index (Phi) is 10.1. The van der Waals surface area contributed by atoms with Gasteiger partial charge in [-0.15, -0.1) is 0 Å². The predicted octanol–water partition coefficient (Wildman–Crippen LogP) is 4.45. The van der Waals surface area contributed by atoms with Crippen LogP contribution in [0.4, 0.5) is 5.69 Å². The van der Waals surface area contributed by atoms with Crippen molar-refractivity contribution in [1.29, 1.82) is 0 Å². The van der Waals surface area contributed by atoms with Gasteiger partial charge in [-0.3, -0.25) is 13.9 Å². The Morgan fingerprint density at radius 3 is 2.23 bits per heavy atom. The van der Waals surface area contributed by atoms with E-state index in [9.17, 15) is 18.0 Å². The van der Waals surface area contributed by atoms with Gasteiger partial charge >= 0.3 is 0 Å². The summed E-state index contributed by atoms with van der Waals surface area (Å²) in [6.07, 6.45) is 0.368. The zero-order valence-corrected chi connectivity index (χ0v) is 24.0. The van der Waals surface area contributed by atoms with Crippen LogP contribution in [-0.2, 0) is 26.2 Å². The number of ether oxygens (including phenoxy) is 1. The van der Waals surface area contributed by atoms with Crippen molar-refractivity contribution in [2.24, 2.45) is 0 Å². The van der Waals surface area contributed by atoms with Crippen LogP contribution >= 0.6 is 0 Å². The molecular formula is C30H37N3O5S. The third-order valence-corrected chi connectivity index (χ3v) is 8.19. The lowest BCUT2D eigenvalue weighted by Gasteiger charge is -2.33. The third-order valence-electron chi connectivity index (χ3n) is 6.40. The van der Waals surface area contributed by atoms with Gasteiger partial charge in [0.05, 0.1) is 17.7 Å². The van der Waals surface area contributed by atoms with Gasteiger partial charge in [0.1, 0.15) is 18.3 Å². The molecule has 2 amide bonds. The quantitative estimate of drug-likeness (QED) is 0.359. The first kappa shape index (κ1) is 29.7. The van der Waals surface area contributed by atoms with E-state index < -0.39 is 28.5 Å². The molecule has 1 atom stereocenters. The van der Waals surface area contributed by atoms with Gasteiger partial charge in [0.15, 0.2) is 0 Å². The van der Waals surface area contributed by atoms with E-state index in [0.717, 1.165) is 21.0 Å². The lowest BCUT2D eigenvalue weighted by molar-refractivity contribution is -0.140. The maximum Gasteiger partial charge on any atom is 0.264 e. The Labute approximate surface area is 231 Å². The molecule has 39 heavy (non-hydrogen) atoms. The van der Waals surface area contributed by atoms with Crippen LogP contribution in [0, 0.1) is 13.8 Å². The topological polar surface area (TPSA) is 96.0 Å². The van der Waals surface area contributed by atoms with Crippen LogP contribution < -0.4 is 14.4 Å². The van der Waals surface area contributed by atoms with Gasteiger partial charge in [0, 0.05) is 19.2 Å². The molecule has 0 saturated heterocycles. The highest BCUT2D eigenvalue weighted by molar-refractivity contribution is 7.92. The summed E-state index contributed by atoms with van der Waals surface area (Å²) < 4.78 is 34.2. The first-order chi connectivity index (χ1) is 18.6. The van der Waals surface area contributed by atoms with Crippen molar-refractivity contribution >= 4 is 27.5 Å². The first-order valence-corrected chi connectivity index (χ1v) is 14.4. The summed E-state index contributed by atoms with van der Waals surface area (Å²) in [5.74, 6) is -0.321. The van der Waals surface area contributed by atoms with Crippen LogP contribution in [0.5, 0.6) is 5.75 Å². The summed E-state index contributed by atoms with van der Waals surface area (Å²) in [5, 5.41) is 2.81. The molecule has 0 unspecified atom stereocenters. The van der Waals surface area contributed by atoms with Crippen molar-refractivity contribution in [3.8, 4) is 5.75 Å². The summed E-state index contributed by atoms with van der Waals surface area (Å²) in [6, 6.07) is 20.0. The van der Waals surface area contributed by atoms with Crippen LogP contribution in [0.3, 0.4) is 0 Å². The molecule has 0 heterocycles. The highest BCUT2D eigenvalue weighted by Gasteiger charge is 2.33. The smallest absolute Gasteiger partial charge is 0.264 e. The van der Waals surface area contributed by atoms with Gasteiger partial charge in [-0.25, -0.2) is 8.42 Å². The SMILES string of the molecule is CCNC(=O)[C@@H](CC)N(Cc1cccc(C)c1)C(=O)CN(c1cccc(OC)c1)S(=O)(=O)c1ccc(C)cc1. The summed E-state index contributed by atoms with van der Waals surface area (Å²) in [5.41, 5.74) is 3.06. The summed E-state index contributed by atoms with van der Waals surface area (Å²) in [7, 11) is -2.65. The van der Waals surface area contributed by atoms with Crippen molar-refractivity contribution in [3.63, 3.8) is 0 Å². The van der Waals surface area contributed by atoms with E-state index in [2.05, 4.69) is 5.32 Å². The van der Waals surface area contributed by atoms with E-state index in [1.54, 1.807) is 36.4 Å². The summed E-state index contributed by atoms with van der Waals surface area (Å²) in [6.45, 7) is 7.55. The molecule has 0 aliphatic rings. The average Bonchev–Trinajstić information content (AvgIpc) is 2.91. The van der Waals surface area contributed by atoms with E-state index in [1.807, 2.05) is 52.0 Å².